The van der Waals surface area contributed by atoms with Gasteiger partial charge in [-0.25, -0.2) is 4.39 Å². The molecule has 30 heavy (non-hydrogen) atoms. The maximum atomic E-state index is 13.8. The van der Waals surface area contributed by atoms with E-state index in [2.05, 4.69) is 0 Å². The van der Waals surface area contributed by atoms with Gasteiger partial charge in [-0.05, 0) is 0 Å². The largest absolute Gasteiger partial charge is 0.460 e. The first-order valence-electron chi connectivity index (χ1n) is 6.35. The van der Waals surface area contributed by atoms with Crippen molar-refractivity contribution in [2.75, 3.05) is 0 Å². The zero-order chi connectivity index (χ0) is 24.8. The number of hydrogen-bond acceptors (Lipinski definition) is 1. The summed E-state index contributed by atoms with van der Waals surface area (Å²) < 4.78 is 247. The third-order valence-corrected chi connectivity index (χ3v) is 3.71. The molecule has 0 radical (unpaired) electrons. The molecular formula is C10HF19O. The predicted molar refractivity (Wildman–Crippen MR) is 50.5 cm³/mol. The highest BCUT2D eigenvalue weighted by Gasteiger charge is 2.99. The van der Waals surface area contributed by atoms with Crippen molar-refractivity contribution in [3.05, 3.63) is 0 Å². The first kappa shape index (κ1) is 26.7. The smallest absolute Gasteiger partial charge is 0.295 e. The van der Waals surface area contributed by atoms with Crippen LogP contribution in [0.4, 0.5) is 83.4 Å². The lowest BCUT2D eigenvalue weighted by atomic mass is 9.84. The predicted octanol–water partition coefficient (Wildman–Crippen LogP) is 5.99. The highest BCUT2D eigenvalue weighted by molar-refractivity contribution is 5.19. The number of ether oxygens (including phenoxy) is 1. The Balaban J connectivity index is 3.81. The minimum atomic E-state index is -8.72. The third kappa shape index (κ3) is 2.63. The van der Waals surface area contributed by atoms with Crippen molar-refractivity contribution >= 4 is 0 Å². The zero-order valence-electron chi connectivity index (χ0n) is 12.7. The van der Waals surface area contributed by atoms with Crippen molar-refractivity contribution in [2.24, 2.45) is 0 Å². The molecule has 0 aromatic heterocycles. The quantitative estimate of drug-likeness (QED) is 0.434. The van der Waals surface area contributed by atoms with Crippen LogP contribution in [0.1, 0.15) is 0 Å². The van der Waals surface area contributed by atoms with Crippen LogP contribution in [0.25, 0.3) is 0 Å². The minimum absolute atomic E-state index is 1.78. The van der Waals surface area contributed by atoms with E-state index in [0.717, 1.165) is 0 Å². The molecule has 0 aromatic rings. The van der Waals surface area contributed by atoms with Gasteiger partial charge in [-0.2, -0.15) is 79.0 Å². The summed E-state index contributed by atoms with van der Waals surface area (Å²) in [5, 5.41) is 0. The van der Waals surface area contributed by atoms with Gasteiger partial charge in [0.15, 0.2) is 0 Å². The van der Waals surface area contributed by atoms with Gasteiger partial charge in [-0.1, -0.05) is 0 Å². The fourth-order valence-corrected chi connectivity index (χ4v) is 1.89. The van der Waals surface area contributed by atoms with Gasteiger partial charge < -0.3 is 0 Å². The van der Waals surface area contributed by atoms with E-state index in [1.165, 1.54) is 0 Å². The Hall–Kier alpha value is -1.37. The Morgan fingerprint density at radius 1 is 0.533 bits per heavy atom. The van der Waals surface area contributed by atoms with Crippen LogP contribution in [0.2, 0.25) is 0 Å². The van der Waals surface area contributed by atoms with Crippen LogP contribution in [-0.2, 0) is 4.74 Å². The molecule has 20 heteroatoms. The van der Waals surface area contributed by atoms with Gasteiger partial charge in [0.2, 0.25) is 0 Å². The summed E-state index contributed by atoms with van der Waals surface area (Å²) in [6.07, 6.45) is -13.6. The van der Waals surface area contributed by atoms with Crippen molar-refractivity contribution in [3.8, 4) is 0 Å². The van der Waals surface area contributed by atoms with E-state index in [-0.39, 0.29) is 0 Å². The molecule has 180 valence electrons. The van der Waals surface area contributed by atoms with E-state index in [9.17, 15) is 83.4 Å². The fourth-order valence-electron chi connectivity index (χ4n) is 1.89. The van der Waals surface area contributed by atoms with Crippen LogP contribution in [0.5, 0.6) is 0 Å². The molecule has 1 saturated heterocycles. The summed E-state index contributed by atoms with van der Waals surface area (Å²) >= 11 is 0. The van der Waals surface area contributed by atoms with E-state index in [4.69, 9.17) is 0 Å². The molecule has 0 saturated carbocycles. The molecule has 0 amide bonds. The van der Waals surface area contributed by atoms with Crippen LogP contribution < -0.4 is 0 Å². The molecule has 2 atom stereocenters. The second-order valence-corrected chi connectivity index (χ2v) is 5.60. The standard InChI is InChI=1S/C10HF19O/c11-1-2(12,13)3(14,15)6(20,21)9(26,30-1)7(22,23)4(16,17)5(18,19)8(24,25)10(27,28)29/h1H. The molecule has 1 rings (SSSR count). The molecular weight excluding hydrogens is 497 g/mol. The summed E-state index contributed by atoms with van der Waals surface area (Å²) in [5.74, 6) is -65.0. The van der Waals surface area contributed by atoms with Crippen molar-refractivity contribution in [2.45, 2.75) is 59.8 Å². The molecule has 0 aromatic carbocycles. The van der Waals surface area contributed by atoms with Gasteiger partial charge in [0, 0.05) is 0 Å². The molecule has 0 spiro atoms. The van der Waals surface area contributed by atoms with Crippen LogP contribution in [0.3, 0.4) is 0 Å². The Morgan fingerprint density at radius 2 is 0.900 bits per heavy atom. The van der Waals surface area contributed by atoms with E-state index in [0.29, 0.717) is 0 Å². The normalized spacial score (nSPS) is 30.3. The van der Waals surface area contributed by atoms with Gasteiger partial charge in [-0.15, -0.1) is 0 Å². The zero-order valence-corrected chi connectivity index (χ0v) is 12.7. The summed E-state index contributed by atoms with van der Waals surface area (Å²) in [5.41, 5.74) is 0. The molecule has 0 aliphatic carbocycles. The lowest BCUT2D eigenvalue weighted by molar-refractivity contribution is -0.532. The van der Waals surface area contributed by atoms with E-state index >= 15 is 0 Å². The third-order valence-electron chi connectivity index (χ3n) is 3.71. The molecule has 0 bridgehead atoms. The summed E-state index contributed by atoms with van der Waals surface area (Å²) in [4.78, 5) is 0. The van der Waals surface area contributed by atoms with E-state index in [1.54, 1.807) is 4.74 Å². The lowest BCUT2D eigenvalue weighted by Crippen LogP contribution is -2.81. The monoisotopic (exact) mass is 498 g/mol. The molecule has 1 nitrogen and oxygen atoms in total. The summed E-state index contributed by atoms with van der Waals surface area (Å²) in [6, 6.07) is 0. The van der Waals surface area contributed by atoms with Crippen molar-refractivity contribution < 1.29 is 88.2 Å². The Bertz CT molecular complexity index is 675. The van der Waals surface area contributed by atoms with Crippen LogP contribution >= 0.6 is 0 Å². The second-order valence-electron chi connectivity index (χ2n) is 5.60. The van der Waals surface area contributed by atoms with E-state index < -0.39 is 59.8 Å². The van der Waals surface area contributed by atoms with Gasteiger partial charge in [-0.3, -0.25) is 4.74 Å². The average Bonchev–Trinajstić information content (AvgIpc) is 2.51. The average molecular weight is 498 g/mol. The fraction of sp³-hybridized carbons (Fsp3) is 1.00. The topological polar surface area (TPSA) is 9.23 Å². The summed E-state index contributed by atoms with van der Waals surface area (Å²) in [7, 11) is 0. The first-order valence-corrected chi connectivity index (χ1v) is 6.35. The maximum absolute atomic E-state index is 13.8. The second kappa shape index (κ2) is 6.11. The van der Waals surface area contributed by atoms with Crippen molar-refractivity contribution in [1.29, 1.82) is 0 Å². The molecule has 2 unspecified atom stereocenters. The highest BCUT2D eigenvalue weighted by atomic mass is 19.4. The first-order chi connectivity index (χ1) is 12.6. The lowest BCUT2D eigenvalue weighted by Gasteiger charge is -2.50. The number of halogens is 19. The Labute approximate surface area is 149 Å². The van der Waals surface area contributed by atoms with Gasteiger partial charge in [0.05, 0.1) is 0 Å². The van der Waals surface area contributed by atoms with E-state index in [1.807, 2.05) is 0 Å². The molecule has 1 aliphatic rings. The van der Waals surface area contributed by atoms with Crippen LogP contribution in [0, 0.1) is 0 Å². The minimum Gasteiger partial charge on any atom is -0.295 e. The number of hydrogen-bond donors (Lipinski definition) is 0. The summed E-state index contributed by atoms with van der Waals surface area (Å²) in [6.45, 7) is 0. The SMILES string of the molecule is FC1OC(F)(C(F)(F)C(F)(F)C(F)(F)C(F)(F)C(F)(F)F)C(F)(F)C(F)(F)C1(F)F. The number of alkyl halides is 19. The maximum Gasteiger partial charge on any atom is 0.460 e. The van der Waals surface area contributed by atoms with Crippen molar-refractivity contribution in [3.63, 3.8) is 0 Å². The molecule has 0 N–H and O–H groups in total. The number of rotatable bonds is 4. The van der Waals surface area contributed by atoms with Crippen LogP contribution in [0.15, 0.2) is 0 Å². The molecule has 1 heterocycles. The molecule has 1 fully saturated rings. The van der Waals surface area contributed by atoms with Gasteiger partial charge in [0.25, 0.3) is 6.36 Å². The molecule has 1 aliphatic heterocycles. The highest BCUT2D eigenvalue weighted by Crippen LogP contribution is 2.67. The van der Waals surface area contributed by atoms with Crippen molar-refractivity contribution in [1.82, 2.24) is 0 Å². The van der Waals surface area contributed by atoms with Gasteiger partial charge in [0.1, 0.15) is 0 Å². The Morgan fingerprint density at radius 3 is 1.23 bits per heavy atom. The van der Waals surface area contributed by atoms with Gasteiger partial charge >= 0.3 is 53.5 Å². The Kier molecular flexibility index (Phi) is 5.43. The van der Waals surface area contributed by atoms with Crippen LogP contribution in [-0.4, -0.2) is 59.8 Å².